The second kappa shape index (κ2) is 5.32. The first-order valence-electron chi connectivity index (χ1n) is 7.41. The summed E-state index contributed by atoms with van der Waals surface area (Å²) in [6.45, 7) is 4.61. The summed E-state index contributed by atoms with van der Waals surface area (Å²) in [6, 6.07) is 12.7. The van der Waals surface area contributed by atoms with Gasteiger partial charge in [0.15, 0.2) is 0 Å². The molecule has 2 aromatic carbocycles. The van der Waals surface area contributed by atoms with Crippen LogP contribution in [0.5, 0.6) is 0 Å². The molecule has 0 aromatic heterocycles. The number of nitrogens with two attached hydrogens (primary N) is 1. The number of para-hydroxylation sites is 1. The van der Waals surface area contributed by atoms with Crippen molar-refractivity contribution in [1.29, 1.82) is 0 Å². The third-order valence-corrected chi connectivity index (χ3v) is 5.93. The third-order valence-electron chi connectivity index (χ3n) is 4.12. The standard InChI is InChI=1S/C17H20N2O2S/c1-12(2)13-6-8-15(9-7-13)22(20,21)19-11-10-14-4-3-5-16(18)17(14)19/h3-9,12H,10-11,18H2,1-2H3. The van der Waals surface area contributed by atoms with E-state index in [-0.39, 0.29) is 0 Å². The number of rotatable bonds is 3. The van der Waals surface area contributed by atoms with E-state index in [1.54, 1.807) is 18.2 Å². The SMILES string of the molecule is CC(C)c1ccc(S(=O)(=O)N2CCc3cccc(N)c32)cc1. The summed E-state index contributed by atoms with van der Waals surface area (Å²) >= 11 is 0. The second-order valence-corrected chi connectivity index (χ2v) is 7.77. The lowest BCUT2D eigenvalue weighted by Gasteiger charge is -2.21. The monoisotopic (exact) mass is 316 g/mol. The molecule has 5 heteroatoms. The van der Waals surface area contributed by atoms with E-state index >= 15 is 0 Å². The molecule has 0 aliphatic carbocycles. The van der Waals surface area contributed by atoms with Crippen LogP contribution in [0.2, 0.25) is 0 Å². The van der Waals surface area contributed by atoms with Crippen molar-refractivity contribution >= 4 is 21.4 Å². The van der Waals surface area contributed by atoms with Crippen LogP contribution in [-0.4, -0.2) is 15.0 Å². The molecular weight excluding hydrogens is 296 g/mol. The zero-order valence-corrected chi connectivity index (χ0v) is 13.6. The molecule has 4 nitrogen and oxygen atoms in total. The molecule has 0 saturated heterocycles. The van der Waals surface area contributed by atoms with Crippen LogP contribution in [0.15, 0.2) is 47.4 Å². The molecule has 0 unspecified atom stereocenters. The van der Waals surface area contributed by atoms with E-state index < -0.39 is 10.0 Å². The molecule has 0 saturated carbocycles. The van der Waals surface area contributed by atoms with Gasteiger partial charge in [-0.3, -0.25) is 4.31 Å². The molecule has 1 aliphatic heterocycles. The molecule has 2 N–H and O–H groups in total. The Morgan fingerprint density at radius 3 is 2.41 bits per heavy atom. The molecule has 1 heterocycles. The molecule has 0 spiro atoms. The van der Waals surface area contributed by atoms with Crippen LogP contribution in [0.4, 0.5) is 11.4 Å². The van der Waals surface area contributed by atoms with E-state index in [4.69, 9.17) is 5.73 Å². The van der Waals surface area contributed by atoms with Crippen molar-refractivity contribution in [3.63, 3.8) is 0 Å². The number of sulfonamides is 1. The highest BCUT2D eigenvalue weighted by Gasteiger charge is 2.32. The number of hydrogen-bond acceptors (Lipinski definition) is 3. The van der Waals surface area contributed by atoms with Crippen molar-refractivity contribution in [2.45, 2.75) is 31.1 Å². The minimum absolute atomic E-state index is 0.313. The maximum Gasteiger partial charge on any atom is 0.264 e. The van der Waals surface area contributed by atoms with Crippen LogP contribution < -0.4 is 10.0 Å². The third kappa shape index (κ3) is 2.35. The van der Waals surface area contributed by atoms with E-state index in [2.05, 4.69) is 13.8 Å². The van der Waals surface area contributed by atoms with Gasteiger partial charge in [-0.15, -0.1) is 0 Å². The molecular formula is C17H20N2O2S. The largest absolute Gasteiger partial charge is 0.397 e. The Kier molecular flexibility index (Phi) is 3.60. The molecule has 1 aliphatic rings. The summed E-state index contributed by atoms with van der Waals surface area (Å²) in [4.78, 5) is 0.313. The quantitative estimate of drug-likeness (QED) is 0.885. The zero-order chi connectivity index (χ0) is 15.9. The van der Waals surface area contributed by atoms with E-state index in [0.29, 0.717) is 35.2 Å². The summed E-state index contributed by atoms with van der Waals surface area (Å²) in [5.74, 6) is 0.375. The fourth-order valence-corrected chi connectivity index (χ4v) is 4.37. The van der Waals surface area contributed by atoms with Crippen LogP contribution in [0, 0.1) is 0 Å². The molecule has 0 amide bonds. The Balaban J connectivity index is 2.02. The molecule has 22 heavy (non-hydrogen) atoms. The average molecular weight is 316 g/mol. The van der Waals surface area contributed by atoms with Crippen molar-refractivity contribution in [1.82, 2.24) is 0 Å². The van der Waals surface area contributed by atoms with E-state index in [0.717, 1.165) is 11.1 Å². The predicted molar refractivity (Wildman–Crippen MR) is 89.6 cm³/mol. The number of hydrogen-bond donors (Lipinski definition) is 1. The van der Waals surface area contributed by atoms with Crippen LogP contribution in [0.25, 0.3) is 0 Å². The maximum absolute atomic E-state index is 12.9. The van der Waals surface area contributed by atoms with Crippen LogP contribution in [0.1, 0.15) is 30.9 Å². The Bertz CT molecular complexity index is 796. The summed E-state index contributed by atoms with van der Waals surface area (Å²) in [5, 5.41) is 0. The van der Waals surface area contributed by atoms with Crippen molar-refractivity contribution in [3.05, 3.63) is 53.6 Å². The minimum atomic E-state index is -3.56. The summed E-state index contributed by atoms with van der Waals surface area (Å²) in [5.41, 5.74) is 9.25. The minimum Gasteiger partial charge on any atom is -0.397 e. The van der Waals surface area contributed by atoms with Crippen molar-refractivity contribution in [2.24, 2.45) is 0 Å². The van der Waals surface area contributed by atoms with Crippen LogP contribution >= 0.6 is 0 Å². The number of nitrogen functional groups attached to an aromatic ring is 1. The number of fused-ring (bicyclic) bond motifs is 1. The number of benzene rings is 2. The summed E-state index contributed by atoms with van der Waals surface area (Å²) in [7, 11) is -3.56. The van der Waals surface area contributed by atoms with Gasteiger partial charge in [-0.25, -0.2) is 8.42 Å². The lowest BCUT2D eigenvalue weighted by molar-refractivity contribution is 0.592. The van der Waals surface area contributed by atoms with E-state index in [9.17, 15) is 8.42 Å². The van der Waals surface area contributed by atoms with E-state index in [1.807, 2.05) is 24.3 Å². The van der Waals surface area contributed by atoms with Gasteiger partial charge in [0, 0.05) is 6.54 Å². The summed E-state index contributed by atoms with van der Waals surface area (Å²) < 4.78 is 27.2. The lowest BCUT2D eigenvalue weighted by Crippen LogP contribution is -2.29. The molecule has 3 rings (SSSR count). The van der Waals surface area contributed by atoms with Crippen LogP contribution in [0.3, 0.4) is 0 Å². The van der Waals surface area contributed by atoms with Crippen molar-refractivity contribution in [3.8, 4) is 0 Å². The van der Waals surface area contributed by atoms with Gasteiger partial charge in [0.25, 0.3) is 10.0 Å². The van der Waals surface area contributed by atoms with Gasteiger partial charge >= 0.3 is 0 Å². The highest BCUT2D eigenvalue weighted by atomic mass is 32.2. The predicted octanol–water partition coefficient (Wildman–Crippen LogP) is 3.14. The van der Waals surface area contributed by atoms with Crippen molar-refractivity contribution in [2.75, 3.05) is 16.6 Å². The maximum atomic E-state index is 12.9. The first-order valence-corrected chi connectivity index (χ1v) is 8.85. The highest BCUT2D eigenvalue weighted by molar-refractivity contribution is 7.92. The molecule has 2 aromatic rings. The van der Waals surface area contributed by atoms with Crippen molar-refractivity contribution < 1.29 is 8.42 Å². The van der Waals surface area contributed by atoms with Gasteiger partial charge in [0.05, 0.1) is 16.3 Å². The van der Waals surface area contributed by atoms with Gasteiger partial charge in [-0.1, -0.05) is 38.1 Å². The Labute approximate surface area is 131 Å². The first-order chi connectivity index (χ1) is 10.4. The van der Waals surface area contributed by atoms with E-state index in [1.165, 1.54) is 4.31 Å². The smallest absolute Gasteiger partial charge is 0.264 e. The Morgan fingerprint density at radius 1 is 1.09 bits per heavy atom. The average Bonchev–Trinajstić information content (AvgIpc) is 2.93. The molecule has 0 bridgehead atoms. The molecule has 116 valence electrons. The van der Waals surface area contributed by atoms with Gasteiger partial charge < -0.3 is 5.73 Å². The molecule has 0 fully saturated rings. The Morgan fingerprint density at radius 2 is 1.77 bits per heavy atom. The molecule has 0 radical (unpaired) electrons. The topological polar surface area (TPSA) is 63.4 Å². The first kappa shape index (κ1) is 14.9. The normalized spacial score (nSPS) is 14.4. The van der Waals surface area contributed by atoms with Crippen LogP contribution in [-0.2, 0) is 16.4 Å². The van der Waals surface area contributed by atoms with Gasteiger partial charge in [-0.2, -0.15) is 0 Å². The zero-order valence-electron chi connectivity index (χ0n) is 12.8. The second-order valence-electron chi connectivity index (χ2n) is 5.91. The van der Waals surface area contributed by atoms with Gasteiger partial charge in [-0.05, 0) is 41.7 Å². The lowest BCUT2D eigenvalue weighted by atomic mass is 10.0. The fourth-order valence-electron chi connectivity index (χ4n) is 2.84. The molecule has 0 atom stereocenters. The number of anilines is 2. The van der Waals surface area contributed by atoms with Gasteiger partial charge in [0.1, 0.15) is 0 Å². The number of nitrogens with zero attached hydrogens (tertiary/aromatic N) is 1. The summed E-state index contributed by atoms with van der Waals surface area (Å²) in [6.07, 6.45) is 0.698. The Hall–Kier alpha value is -2.01. The van der Waals surface area contributed by atoms with Gasteiger partial charge in [0.2, 0.25) is 0 Å². The highest BCUT2D eigenvalue weighted by Crippen LogP contribution is 2.37. The fraction of sp³-hybridized carbons (Fsp3) is 0.294.